The number of carbonyl (C=O) groups excluding carboxylic acids is 2. The molecule has 0 saturated carbocycles. The van der Waals surface area contributed by atoms with E-state index in [0.29, 0.717) is 41.7 Å². The predicted molar refractivity (Wildman–Crippen MR) is 124 cm³/mol. The van der Waals surface area contributed by atoms with Crippen LogP contribution in [-0.2, 0) is 22.3 Å². The van der Waals surface area contributed by atoms with Crippen LogP contribution in [0.25, 0.3) is 0 Å². The summed E-state index contributed by atoms with van der Waals surface area (Å²) in [6.45, 7) is 3.28. The third-order valence-corrected chi connectivity index (χ3v) is 6.25. The third kappa shape index (κ3) is 5.81. The minimum atomic E-state index is -0.399. The van der Waals surface area contributed by atoms with Gasteiger partial charge in [0.1, 0.15) is 17.4 Å². The molecule has 0 fully saturated rings. The van der Waals surface area contributed by atoms with Gasteiger partial charge in [-0.2, -0.15) is 0 Å². The molecule has 0 radical (unpaired) electrons. The maximum absolute atomic E-state index is 12.8. The lowest BCUT2D eigenvalue weighted by Gasteiger charge is -2.13. The first-order valence-corrected chi connectivity index (χ1v) is 11.4. The maximum atomic E-state index is 12.8. The zero-order valence-corrected chi connectivity index (χ0v) is 19.2. The number of ether oxygens (including phenoxy) is 3. The Morgan fingerprint density at radius 3 is 2.71 bits per heavy atom. The van der Waals surface area contributed by atoms with Crippen LogP contribution in [-0.4, -0.2) is 43.9 Å². The summed E-state index contributed by atoms with van der Waals surface area (Å²) in [5, 5.41) is 6.41. The van der Waals surface area contributed by atoms with Gasteiger partial charge in [-0.1, -0.05) is 12.1 Å². The number of thiophene rings is 1. The van der Waals surface area contributed by atoms with Crippen molar-refractivity contribution in [3.63, 3.8) is 0 Å². The molecule has 7 nitrogen and oxygen atoms in total. The van der Waals surface area contributed by atoms with Gasteiger partial charge in [0, 0.05) is 11.5 Å². The Hall–Kier alpha value is -2.49. The quantitative estimate of drug-likeness (QED) is 0.349. The van der Waals surface area contributed by atoms with Gasteiger partial charge < -0.3 is 19.5 Å². The van der Waals surface area contributed by atoms with Gasteiger partial charge in [-0.3, -0.25) is 10.1 Å². The average molecular weight is 463 g/mol. The van der Waals surface area contributed by atoms with E-state index in [1.807, 2.05) is 6.92 Å². The summed E-state index contributed by atoms with van der Waals surface area (Å²) in [5.41, 5.74) is 1.90. The van der Waals surface area contributed by atoms with E-state index in [2.05, 4.69) is 10.6 Å². The standard InChI is InChI=1S/C22H26N2O5S2/c1-3-28-12-13-29-16-10-6-4-8-14(16)19(25)23-22(30)24-20-18(21(26)27-2)15-9-5-7-11-17(15)31-20/h4,6,8,10H,3,5,7,9,11-13H2,1-2H3,(H2,23,24,25,30). The number of anilines is 1. The highest BCUT2D eigenvalue weighted by Gasteiger charge is 2.26. The SMILES string of the molecule is CCOCCOc1ccccc1C(=O)NC(=S)Nc1sc2c(c1C(=O)OC)CCCC2. The molecule has 0 saturated heterocycles. The Labute approximate surface area is 191 Å². The van der Waals surface area contributed by atoms with Crippen LogP contribution < -0.4 is 15.4 Å². The molecule has 1 aromatic heterocycles. The van der Waals surface area contributed by atoms with Crippen LogP contribution >= 0.6 is 23.6 Å². The van der Waals surface area contributed by atoms with Gasteiger partial charge in [0.25, 0.3) is 5.91 Å². The van der Waals surface area contributed by atoms with E-state index in [9.17, 15) is 9.59 Å². The van der Waals surface area contributed by atoms with Crippen molar-refractivity contribution in [3.05, 3.63) is 45.8 Å². The van der Waals surface area contributed by atoms with E-state index in [4.69, 9.17) is 26.4 Å². The van der Waals surface area contributed by atoms with E-state index >= 15 is 0 Å². The van der Waals surface area contributed by atoms with Crippen molar-refractivity contribution in [1.29, 1.82) is 0 Å². The molecule has 1 aliphatic carbocycles. The van der Waals surface area contributed by atoms with Crippen molar-refractivity contribution < 1.29 is 23.8 Å². The molecule has 31 heavy (non-hydrogen) atoms. The number of fused-ring (bicyclic) bond motifs is 1. The molecule has 0 spiro atoms. The molecule has 3 rings (SSSR count). The molecule has 1 amide bonds. The molecule has 2 aromatic rings. The highest BCUT2D eigenvalue weighted by Crippen LogP contribution is 2.38. The van der Waals surface area contributed by atoms with E-state index in [1.54, 1.807) is 24.3 Å². The number of esters is 1. The lowest BCUT2D eigenvalue weighted by molar-refractivity contribution is 0.0601. The number of thiocarbonyl (C=S) groups is 1. The molecule has 1 aromatic carbocycles. The van der Waals surface area contributed by atoms with Gasteiger partial charge in [-0.25, -0.2) is 4.79 Å². The van der Waals surface area contributed by atoms with E-state index in [-0.39, 0.29) is 5.11 Å². The molecule has 166 valence electrons. The second-order valence-corrected chi connectivity index (χ2v) is 8.37. The smallest absolute Gasteiger partial charge is 0.341 e. The van der Waals surface area contributed by atoms with Crippen LogP contribution in [0.3, 0.4) is 0 Å². The van der Waals surface area contributed by atoms with Gasteiger partial charge in [-0.05, 0) is 62.5 Å². The van der Waals surface area contributed by atoms with Crippen LogP contribution in [0.5, 0.6) is 5.75 Å². The van der Waals surface area contributed by atoms with Gasteiger partial charge in [0.05, 0.1) is 24.8 Å². The third-order valence-electron chi connectivity index (χ3n) is 4.84. The molecule has 9 heteroatoms. The first kappa shape index (κ1) is 23.2. The van der Waals surface area contributed by atoms with Crippen molar-refractivity contribution >= 4 is 45.5 Å². The Balaban J connectivity index is 1.70. The number of hydrogen-bond acceptors (Lipinski definition) is 7. The van der Waals surface area contributed by atoms with Crippen molar-refractivity contribution in [2.75, 3.05) is 32.2 Å². The van der Waals surface area contributed by atoms with Crippen LogP contribution in [0, 0.1) is 0 Å². The summed E-state index contributed by atoms with van der Waals surface area (Å²) in [6, 6.07) is 6.93. The Bertz CT molecular complexity index is 957. The second kappa shape index (κ2) is 11.2. The van der Waals surface area contributed by atoms with Crippen molar-refractivity contribution in [1.82, 2.24) is 5.32 Å². The van der Waals surface area contributed by atoms with Crippen molar-refractivity contribution in [2.24, 2.45) is 0 Å². The second-order valence-electron chi connectivity index (χ2n) is 6.86. The highest BCUT2D eigenvalue weighted by molar-refractivity contribution is 7.80. The lowest BCUT2D eigenvalue weighted by atomic mass is 9.95. The summed E-state index contributed by atoms with van der Waals surface area (Å²) in [7, 11) is 1.36. The molecule has 1 heterocycles. The predicted octanol–water partition coefficient (Wildman–Crippen LogP) is 3.96. The minimum absolute atomic E-state index is 0.109. The number of amides is 1. The average Bonchev–Trinajstić information content (AvgIpc) is 3.14. The van der Waals surface area contributed by atoms with Crippen LogP contribution in [0.2, 0.25) is 0 Å². The van der Waals surface area contributed by atoms with E-state index < -0.39 is 11.9 Å². The van der Waals surface area contributed by atoms with Crippen molar-refractivity contribution in [2.45, 2.75) is 32.6 Å². The number of nitrogens with one attached hydrogen (secondary N) is 2. The molecular formula is C22H26N2O5S2. The molecule has 1 aliphatic rings. The van der Waals surface area contributed by atoms with Gasteiger partial charge in [-0.15, -0.1) is 11.3 Å². The number of hydrogen-bond donors (Lipinski definition) is 2. The normalized spacial score (nSPS) is 12.6. The van der Waals surface area contributed by atoms with E-state index in [1.165, 1.54) is 18.4 Å². The fourth-order valence-corrected chi connectivity index (χ4v) is 4.95. The lowest BCUT2D eigenvalue weighted by Crippen LogP contribution is -2.34. The Kier molecular flexibility index (Phi) is 8.39. The fourth-order valence-electron chi connectivity index (χ4n) is 3.41. The number of aryl methyl sites for hydroxylation is 1. The summed E-state index contributed by atoms with van der Waals surface area (Å²) in [4.78, 5) is 26.3. The zero-order chi connectivity index (χ0) is 22.2. The monoisotopic (exact) mass is 462 g/mol. The Morgan fingerprint density at radius 1 is 1.16 bits per heavy atom. The summed E-state index contributed by atoms with van der Waals surface area (Å²) in [6.07, 6.45) is 3.89. The van der Waals surface area contributed by atoms with Crippen molar-refractivity contribution in [3.8, 4) is 5.75 Å². The van der Waals surface area contributed by atoms with Crippen LogP contribution in [0.1, 0.15) is 50.9 Å². The van der Waals surface area contributed by atoms with E-state index in [0.717, 1.165) is 36.1 Å². The van der Waals surface area contributed by atoms with Gasteiger partial charge in [0.2, 0.25) is 0 Å². The number of carbonyl (C=O) groups is 2. The van der Waals surface area contributed by atoms with Crippen LogP contribution in [0.4, 0.5) is 5.00 Å². The maximum Gasteiger partial charge on any atom is 0.341 e. The molecular weight excluding hydrogens is 436 g/mol. The molecule has 0 bridgehead atoms. The Morgan fingerprint density at radius 2 is 1.94 bits per heavy atom. The number of methoxy groups -OCH3 is 1. The molecule has 0 atom stereocenters. The summed E-state index contributed by atoms with van der Waals surface area (Å²) >= 11 is 6.84. The van der Waals surface area contributed by atoms with Gasteiger partial charge in [0.15, 0.2) is 5.11 Å². The van der Waals surface area contributed by atoms with Crippen LogP contribution in [0.15, 0.2) is 24.3 Å². The fraction of sp³-hybridized carbons (Fsp3) is 0.409. The largest absolute Gasteiger partial charge is 0.490 e. The first-order chi connectivity index (χ1) is 15.0. The molecule has 0 unspecified atom stereocenters. The highest BCUT2D eigenvalue weighted by atomic mass is 32.1. The number of rotatable bonds is 8. The number of para-hydroxylation sites is 1. The summed E-state index contributed by atoms with van der Waals surface area (Å²) in [5.74, 6) is -0.348. The zero-order valence-electron chi connectivity index (χ0n) is 17.6. The van der Waals surface area contributed by atoms with Gasteiger partial charge >= 0.3 is 5.97 Å². The molecule has 0 aliphatic heterocycles. The molecule has 2 N–H and O–H groups in total. The first-order valence-electron chi connectivity index (χ1n) is 10.2. The topological polar surface area (TPSA) is 85.9 Å². The minimum Gasteiger partial charge on any atom is -0.490 e. The number of benzene rings is 1. The summed E-state index contributed by atoms with van der Waals surface area (Å²) < 4.78 is 15.9.